The zero-order valence-corrected chi connectivity index (χ0v) is 12.3. The Bertz CT molecular complexity index is 476. The number of aliphatic carboxylic acids is 1. The molecule has 0 saturated heterocycles. The van der Waals surface area contributed by atoms with Gasteiger partial charge in [-0.05, 0) is 24.2 Å². The lowest BCUT2D eigenvalue weighted by Gasteiger charge is -2.21. The monoisotopic (exact) mass is 296 g/mol. The number of carboxylic acids is 1. The second kappa shape index (κ2) is 8.36. The lowest BCUT2D eigenvalue weighted by atomic mass is 10.1. The summed E-state index contributed by atoms with van der Waals surface area (Å²) in [5.41, 5.74) is 0.812. The maximum absolute atomic E-state index is 12.7. The first-order valence-electron chi connectivity index (χ1n) is 6.88. The molecule has 1 unspecified atom stereocenters. The Kier molecular flexibility index (Phi) is 6.81. The molecule has 0 spiro atoms. The molecule has 1 rings (SSSR count). The Morgan fingerprint density at radius 1 is 1.33 bits per heavy atom. The van der Waals surface area contributed by atoms with E-state index in [1.807, 2.05) is 6.92 Å². The quantitative estimate of drug-likeness (QED) is 0.762. The van der Waals surface area contributed by atoms with E-state index >= 15 is 0 Å². The van der Waals surface area contributed by atoms with Gasteiger partial charge < -0.3 is 10.4 Å². The van der Waals surface area contributed by atoms with Gasteiger partial charge in [-0.15, -0.1) is 0 Å². The van der Waals surface area contributed by atoms with Crippen LogP contribution in [0.5, 0.6) is 0 Å². The van der Waals surface area contributed by atoms with Gasteiger partial charge in [-0.1, -0.05) is 26.0 Å². The van der Waals surface area contributed by atoms with Gasteiger partial charge in [0.05, 0.1) is 12.5 Å². The SMILES string of the molecule is CCN(CC(=O)NCc1ccc(F)cc1)CC(C)C(=O)O. The highest BCUT2D eigenvalue weighted by atomic mass is 19.1. The largest absolute Gasteiger partial charge is 0.481 e. The van der Waals surface area contributed by atoms with Crippen molar-refractivity contribution < 1.29 is 19.1 Å². The van der Waals surface area contributed by atoms with E-state index in [1.165, 1.54) is 12.1 Å². The smallest absolute Gasteiger partial charge is 0.307 e. The lowest BCUT2D eigenvalue weighted by molar-refractivity contribution is -0.142. The number of likely N-dealkylation sites (N-methyl/N-ethyl adjacent to an activating group) is 1. The Labute approximate surface area is 123 Å². The van der Waals surface area contributed by atoms with E-state index in [2.05, 4.69) is 5.32 Å². The van der Waals surface area contributed by atoms with Crippen LogP contribution < -0.4 is 5.32 Å². The third kappa shape index (κ3) is 6.35. The standard InChI is InChI=1S/C15H21FN2O3/c1-3-18(9-11(2)15(20)21)10-14(19)17-8-12-4-6-13(16)7-5-12/h4-7,11H,3,8-10H2,1-2H3,(H,17,19)(H,20,21). The van der Waals surface area contributed by atoms with Gasteiger partial charge in [0.15, 0.2) is 0 Å². The molecule has 1 aromatic carbocycles. The number of halogens is 1. The number of rotatable bonds is 8. The fraction of sp³-hybridized carbons (Fsp3) is 0.467. The van der Waals surface area contributed by atoms with Crippen LogP contribution in [0.1, 0.15) is 19.4 Å². The molecule has 0 aliphatic rings. The highest BCUT2D eigenvalue weighted by Crippen LogP contribution is 2.03. The molecule has 0 aliphatic heterocycles. The second-order valence-corrected chi connectivity index (χ2v) is 4.97. The predicted molar refractivity (Wildman–Crippen MR) is 77.2 cm³/mol. The minimum atomic E-state index is -0.875. The van der Waals surface area contributed by atoms with Crippen LogP contribution in [-0.2, 0) is 16.1 Å². The molecule has 1 amide bonds. The van der Waals surface area contributed by atoms with Crippen molar-refractivity contribution in [1.29, 1.82) is 0 Å². The number of nitrogens with one attached hydrogen (secondary N) is 1. The molecule has 0 heterocycles. The highest BCUT2D eigenvalue weighted by Gasteiger charge is 2.17. The highest BCUT2D eigenvalue weighted by molar-refractivity contribution is 5.78. The molecule has 6 heteroatoms. The van der Waals surface area contributed by atoms with Gasteiger partial charge in [-0.3, -0.25) is 14.5 Å². The minimum absolute atomic E-state index is 0.148. The van der Waals surface area contributed by atoms with Crippen LogP contribution in [0, 0.1) is 11.7 Å². The number of carboxylic acid groups (broad SMARTS) is 1. The van der Waals surface area contributed by atoms with Crippen LogP contribution in [0.25, 0.3) is 0 Å². The number of benzene rings is 1. The summed E-state index contributed by atoms with van der Waals surface area (Å²) >= 11 is 0. The van der Waals surface area contributed by atoms with Gasteiger partial charge in [-0.25, -0.2) is 4.39 Å². The molecule has 2 N–H and O–H groups in total. The molecule has 0 aromatic heterocycles. The number of carbonyl (C=O) groups is 2. The first-order chi connectivity index (χ1) is 9.92. The van der Waals surface area contributed by atoms with Gasteiger partial charge in [0.25, 0.3) is 0 Å². The maximum Gasteiger partial charge on any atom is 0.307 e. The van der Waals surface area contributed by atoms with E-state index in [4.69, 9.17) is 5.11 Å². The van der Waals surface area contributed by atoms with E-state index in [0.29, 0.717) is 19.6 Å². The van der Waals surface area contributed by atoms with Crippen molar-refractivity contribution in [2.75, 3.05) is 19.6 Å². The average molecular weight is 296 g/mol. The van der Waals surface area contributed by atoms with Crippen LogP contribution in [-0.4, -0.2) is 41.5 Å². The summed E-state index contributed by atoms with van der Waals surface area (Å²) in [5, 5.41) is 11.6. The summed E-state index contributed by atoms with van der Waals surface area (Å²) in [5.74, 6) is -1.89. The zero-order chi connectivity index (χ0) is 15.8. The molecule has 1 aromatic rings. The normalized spacial score (nSPS) is 12.2. The van der Waals surface area contributed by atoms with Crippen molar-refractivity contribution >= 4 is 11.9 Å². The van der Waals surface area contributed by atoms with Crippen LogP contribution in [0.15, 0.2) is 24.3 Å². The van der Waals surface area contributed by atoms with Crippen LogP contribution in [0.3, 0.4) is 0 Å². The van der Waals surface area contributed by atoms with E-state index in [1.54, 1.807) is 24.0 Å². The Morgan fingerprint density at radius 2 is 1.95 bits per heavy atom. The van der Waals surface area contributed by atoms with E-state index in [9.17, 15) is 14.0 Å². The summed E-state index contributed by atoms with van der Waals surface area (Å²) in [4.78, 5) is 24.4. The van der Waals surface area contributed by atoms with Gasteiger partial charge >= 0.3 is 5.97 Å². The molecule has 0 fully saturated rings. The first-order valence-corrected chi connectivity index (χ1v) is 6.88. The first kappa shape index (κ1) is 17.1. The van der Waals surface area contributed by atoms with Crippen molar-refractivity contribution in [1.82, 2.24) is 10.2 Å². The number of carbonyl (C=O) groups excluding carboxylic acids is 1. The molecule has 116 valence electrons. The Hall–Kier alpha value is -1.95. The molecular formula is C15H21FN2O3. The number of amides is 1. The predicted octanol–water partition coefficient (Wildman–Crippen LogP) is 1.48. The van der Waals surface area contributed by atoms with Crippen molar-refractivity contribution in [3.8, 4) is 0 Å². The molecule has 0 saturated carbocycles. The molecule has 0 radical (unpaired) electrons. The summed E-state index contributed by atoms with van der Waals surface area (Å²) in [6, 6.07) is 5.90. The van der Waals surface area contributed by atoms with Gasteiger partial charge in [0.1, 0.15) is 5.82 Å². The summed E-state index contributed by atoms with van der Waals surface area (Å²) < 4.78 is 12.7. The topological polar surface area (TPSA) is 69.6 Å². The zero-order valence-electron chi connectivity index (χ0n) is 12.3. The minimum Gasteiger partial charge on any atom is -0.481 e. The van der Waals surface area contributed by atoms with Gasteiger partial charge in [0, 0.05) is 13.1 Å². The fourth-order valence-corrected chi connectivity index (χ4v) is 1.83. The molecular weight excluding hydrogens is 275 g/mol. The van der Waals surface area contributed by atoms with E-state index in [-0.39, 0.29) is 18.3 Å². The summed E-state index contributed by atoms with van der Waals surface area (Å²) in [6.07, 6.45) is 0. The molecule has 1 atom stereocenters. The lowest BCUT2D eigenvalue weighted by Crippen LogP contribution is -2.40. The van der Waals surface area contributed by atoms with Crippen molar-refractivity contribution in [3.63, 3.8) is 0 Å². The summed E-state index contributed by atoms with van der Waals surface area (Å²) in [7, 11) is 0. The molecule has 5 nitrogen and oxygen atoms in total. The van der Waals surface area contributed by atoms with Gasteiger partial charge in [0.2, 0.25) is 5.91 Å². The van der Waals surface area contributed by atoms with Crippen LogP contribution >= 0.6 is 0 Å². The second-order valence-electron chi connectivity index (χ2n) is 4.97. The summed E-state index contributed by atoms with van der Waals surface area (Å²) in [6.45, 7) is 4.89. The molecule has 0 bridgehead atoms. The van der Waals surface area contributed by atoms with Crippen molar-refractivity contribution in [3.05, 3.63) is 35.6 Å². The maximum atomic E-state index is 12.7. The molecule has 0 aliphatic carbocycles. The van der Waals surface area contributed by atoms with E-state index < -0.39 is 11.9 Å². The molecule has 21 heavy (non-hydrogen) atoms. The van der Waals surface area contributed by atoms with Crippen molar-refractivity contribution in [2.45, 2.75) is 20.4 Å². The number of hydrogen-bond donors (Lipinski definition) is 2. The Balaban J connectivity index is 2.40. The third-order valence-corrected chi connectivity index (χ3v) is 3.17. The van der Waals surface area contributed by atoms with Crippen LogP contribution in [0.4, 0.5) is 4.39 Å². The van der Waals surface area contributed by atoms with E-state index in [0.717, 1.165) is 5.56 Å². The van der Waals surface area contributed by atoms with Crippen LogP contribution in [0.2, 0.25) is 0 Å². The number of nitrogens with zero attached hydrogens (tertiary/aromatic N) is 1. The van der Waals surface area contributed by atoms with Gasteiger partial charge in [-0.2, -0.15) is 0 Å². The third-order valence-electron chi connectivity index (χ3n) is 3.17. The number of hydrogen-bond acceptors (Lipinski definition) is 3. The Morgan fingerprint density at radius 3 is 2.48 bits per heavy atom. The van der Waals surface area contributed by atoms with Crippen molar-refractivity contribution in [2.24, 2.45) is 5.92 Å². The fourth-order valence-electron chi connectivity index (χ4n) is 1.83. The average Bonchev–Trinajstić information content (AvgIpc) is 2.45.